The quantitative estimate of drug-likeness (QED) is 0.781. The molecule has 0 fully saturated rings. The zero-order valence-electron chi connectivity index (χ0n) is 8.84. The molecule has 0 saturated carbocycles. The zero-order valence-corrected chi connectivity index (χ0v) is 11.2. The Kier molecular flexibility index (Phi) is 5.22. The Morgan fingerprint density at radius 2 is 2.25 bits per heavy atom. The van der Waals surface area contributed by atoms with Crippen LogP contribution < -0.4 is 0 Å². The van der Waals surface area contributed by atoms with Crippen LogP contribution in [0.1, 0.15) is 17.3 Å². The second kappa shape index (κ2) is 6.21. The highest BCUT2D eigenvalue weighted by molar-refractivity contribution is 9.09. The Morgan fingerprint density at radius 1 is 1.56 bits per heavy atom. The molecule has 0 heterocycles. The lowest BCUT2D eigenvalue weighted by molar-refractivity contribution is 0.0770. The van der Waals surface area contributed by atoms with Crippen LogP contribution in [-0.2, 0) is 0 Å². The second-order valence-electron chi connectivity index (χ2n) is 3.20. The molecule has 5 heteroatoms. The van der Waals surface area contributed by atoms with Crippen molar-refractivity contribution < 1.29 is 9.18 Å². The summed E-state index contributed by atoms with van der Waals surface area (Å²) in [6.45, 7) is 2.96. The van der Waals surface area contributed by atoms with E-state index in [-0.39, 0.29) is 16.5 Å². The summed E-state index contributed by atoms with van der Waals surface area (Å²) in [6.07, 6.45) is 0. The standard InChI is InChI=1S/C11H12BrClFNO/c1-2-15(6-5-12)11(16)9-4-3-8(13)7-10(9)14/h3-4,7H,2,5-6H2,1H3. The number of benzene rings is 1. The van der Waals surface area contributed by atoms with Gasteiger partial charge in [-0.3, -0.25) is 4.79 Å². The third kappa shape index (κ3) is 3.19. The molecule has 0 aliphatic heterocycles. The molecule has 88 valence electrons. The molecule has 1 amide bonds. The van der Waals surface area contributed by atoms with Gasteiger partial charge in [-0.25, -0.2) is 4.39 Å². The van der Waals surface area contributed by atoms with Gasteiger partial charge in [0.05, 0.1) is 5.56 Å². The summed E-state index contributed by atoms with van der Waals surface area (Å²) >= 11 is 8.88. The van der Waals surface area contributed by atoms with Crippen LogP contribution in [0.4, 0.5) is 4.39 Å². The molecule has 0 N–H and O–H groups in total. The fourth-order valence-corrected chi connectivity index (χ4v) is 1.93. The van der Waals surface area contributed by atoms with E-state index >= 15 is 0 Å². The lowest BCUT2D eigenvalue weighted by atomic mass is 10.2. The van der Waals surface area contributed by atoms with Crippen molar-refractivity contribution in [3.63, 3.8) is 0 Å². The molecule has 1 aromatic carbocycles. The number of amides is 1. The number of rotatable bonds is 4. The van der Waals surface area contributed by atoms with E-state index in [0.717, 1.165) is 6.07 Å². The highest BCUT2D eigenvalue weighted by atomic mass is 79.9. The van der Waals surface area contributed by atoms with Crippen LogP contribution in [-0.4, -0.2) is 29.2 Å². The molecule has 2 nitrogen and oxygen atoms in total. The first-order chi connectivity index (χ1) is 7.60. The number of carbonyl (C=O) groups is 1. The molecule has 0 aliphatic carbocycles. The van der Waals surface area contributed by atoms with E-state index in [4.69, 9.17) is 11.6 Å². The summed E-state index contributed by atoms with van der Waals surface area (Å²) in [5, 5.41) is 0.958. The summed E-state index contributed by atoms with van der Waals surface area (Å²) < 4.78 is 13.5. The summed E-state index contributed by atoms with van der Waals surface area (Å²) in [5.41, 5.74) is 0.0622. The highest BCUT2D eigenvalue weighted by Crippen LogP contribution is 2.16. The molecule has 0 radical (unpaired) electrons. The van der Waals surface area contributed by atoms with Crippen LogP contribution >= 0.6 is 27.5 Å². The van der Waals surface area contributed by atoms with Crippen molar-refractivity contribution in [1.82, 2.24) is 4.90 Å². The minimum absolute atomic E-state index is 0.0622. The van der Waals surface area contributed by atoms with E-state index in [1.165, 1.54) is 12.1 Å². The van der Waals surface area contributed by atoms with Crippen molar-refractivity contribution in [1.29, 1.82) is 0 Å². The van der Waals surface area contributed by atoms with Crippen LogP contribution in [0.5, 0.6) is 0 Å². The van der Waals surface area contributed by atoms with Gasteiger partial charge in [-0.15, -0.1) is 0 Å². The topological polar surface area (TPSA) is 20.3 Å². The highest BCUT2D eigenvalue weighted by Gasteiger charge is 2.17. The van der Waals surface area contributed by atoms with E-state index in [1.807, 2.05) is 6.92 Å². The molecule has 1 rings (SSSR count). The number of hydrogen-bond donors (Lipinski definition) is 0. The largest absolute Gasteiger partial charge is 0.338 e. The molecular weight excluding hydrogens is 296 g/mol. The summed E-state index contributed by atoms with van der Waals surface area (Å²) in [5.74, 6) is -0.887. The molecule has 0 aliphatic rings. The summed E-state index contributed by atoms with van der Waals surface area (Å²) in [4.78, 5) is 13.5. The van der Waals surface area contributed by atoms with Gasteiger partial charge in [0.15, 0.2) is 0 Å². The first-order valence-corrected chi connectivity index (χ1v) is 6.40. The third-order valence-corrected chi connectivity index (χ3v) is 2.77. The maximum Gasteiger partial charge on any atom is 0.256 e. The minimum atomic E-state index is -0.578. The Hall–Kier alpha value is -0.610. The van der Waals surface area contributed by atoms with Crippen LogP contribution in [0.25, 0.3) is 0 Å². The van der Waals surface area contributed by atoms with Crippen LogP contribution in [0.3, 0.4) is 0 Å². The van der Waals surface area contributed by atoms with Crippen molar-refractivity contribution >= 4 is 33.4 Å². The molecule has 0 saturated heterocycles. The summed E-state index contributed by atoms with van der Waals surface area (Å²) in [6, 6.07) is 4.08. The van der Waals surface area contributed by atoms with Crippen LogP contribution in [0.15, 0.2) is 18.2 Å². The number of carbonyl (C=O) groups excluding carboxylic acids is 1. The first-order valence-electron chi connectivity index (χ1n) is 4.90. The van der Waals surface area contributed by atoms with Crippen molar-refractivity contribution in [3.8, 4) is 0 Å². The Labute approximate surface area is 108 Å². The van der Waals surface area contributed by atoms with Crippen LogP contribution in [0.2, 0.25) is 5.02 Å². The van der Waals surface area contributed by atoms with Gasteiger partial charge in [0.25, 0.3) is 5.91 Å². The molecule has 0 unspecified atom stereocenters. The lowest BCUT2D eigenvalue weighted by Gasteiger charge is -2.19. The molecule has 0 bridgehead atoms. The van der Waals surface area contributed by atoms with Gasteiger partial charge >= 0.3 is 0 Å². The fraction of sp³-hybridized carbons (Fsp3) is 0.364. The van der Waals surface area contributed by atoms with Crippen molar-refractivity contribution in [2.24, 2.45) is 0 Å². The van der Waals surface area contributed by atoms with E-state index in [2.05, 4.69) is 15.9 Å². The van der Waals surface area contributed by atoms with E-state index in [0.29, 0.717) is 18.4 Å². The molecule has 0 aromatic heterocycles. The van der Waals surface area contributed by atoms with Gasteiger partial charge in [0.2, 0.25) is 0 Å². The van der Waals surface area contributed by atoms with Crippen molar-refractivity contribution in [2.45, 2.75) is 6.92 Å². The maximum atomic E-state index is 13.5. The molecule has 16 heavy (non-hydrogen) atoms. The predicted octanol–water partition coefficient (Wildman–Crippen LogP) is 3.34. The second-order valence-corrected chi connectivity index (χ2v) is 4.43. The smallest absolute Gasteiger partial charge is 0.256 e. The van der Waals surface area contributed by atoms with Gasteiger partial charge in [-0.2, -0.15) is 0 Å². The minimum Gasteiger partial charge on any atom is -0.338 e. The van der Waals surface area contributed by atoms with E-state index in [9.17, 15) is 9.18 Å². The summed E-state index contributed by atoms with van der Waals surface area (Å²) in [7, 11) is 0. The van der Waals surface area contributed by atoms with Crippen LogP contribution in [0, 0.1) is 5.82 Å². The monoisotopic (exact) mass is 307 g/mol. The van der Waals surface area contributed by atoms with Crippen molar-refractivity contribution in [3.05, 3.63) is 34.6 Å². The number of alkyl halides is 1. The maximum absolute atomic E-state index is 13.5. The van der Waals surface area contributed by atoms with Crippen molar-refractivity contribution in [2.75, 3.05) is 18.4 Å². The lowest BCUT2D eigenvalue weighted by Crippen LogP contribution is -2.33. The molecular formula is C11H12BrClFNO. The third-order valence-electron chi connectivity index (χ3n) is 2.18. The average Bonchev–Trinajstić information content (AvgIpc) is 2.25. The number of halogens is 3. The average molecular weight is 309 g/mol. The number of nitrogens with zero attached hydrogens (tertiary/aromatic N) is 1. The van der Waals surface area contributed by atoms with Gasteiger partial charge in [-0.1, -0.05) is 27.5 Å². The van der Waals surface area contributed by atoms with Gasteiger partial charge in [0, 0.05) is 23.4 Å². The van der Waals surface area contributed by atoms with E-state index in [1.54, 1.807) is 4.90 Å². The Morgan fingerprint density at radius 3 is 2.75 bits per heavy atom. The SMILES string of the molecule is CCN(CCBr)C(=O)c1ccc(Cl)cc1F. The molecule has 0 spiro atoms. The van der Waals surface area contributed by atoms with Gasteiger partial charge in [0.1, 0.15) is 5.82 Å². The Bertz CT molecular complexity index is 386. The fourth-order valence-electron chi connectivity index (χ4n) is 1.34. The zero-order chi connectivity index (χ0) is 12.1. The Balaban J connectivity index is 2.94. The molecule has 1 aromatic rings. The molecule has 0 atom stereocenters. The normalized spacial score (nSPS) is 10.2. The van der Waals surface area contributed by atoms with Gasteiger partial charge < -0.3 is 4.90 Å². The number of hydrogen-bond acceptors (Lipinski definition) is 1. The van der Waals surface area contributed by atoms with E-state index < -0.39 is 5.82 Å². The predicted molar refractivity (Wildman–Crippen MR) is 66.8 cm³/mol. The van der Waals surface area contributed by atoms with Gasteiger partial charge in [-0.05, 0) is 25.1 Å². The first kappa shape index (κ1) is 13.5.